The van der Waals surface area contributed by atoms with Crippen molar-refractivity contribution in [1.29, 1.82) is 0 Å². The highest BCUT2D eigenvalue weighted by atomic mass is 16.5. The topological polar surface area (TPSA) is 64.3 Å². The van der Waals surface area contributed by atoms with Gasteiger partial charge in [0.05, 0.1) is 5.69 Å². The third-order valence-corrected chi connectivity index (χ3v) is 5.02. The first kappa shape index (κ1) is 17.3. The van der Waals surface area contributed by atoms with Crippen molar-refractivity contribution in [3.63, 3.8) is 0 Å². The Morgan fingerprint density at radius 2 is 1.63 bits per heavy atom. The maximum Gasteiger partial charge on any atom is 0.151 e. The minimum Gasteiger partial charge on any atom is -0.457 e. The van der Waals surface area contributed by atoms with Crippen LogP contribution in [0.1, 0.15) is 32.4 Å². The Hall–Kier alpha value is -3.08. The van der Waals surface area contributed by atoms with Crippen molar-refractivity contribution in [2.45, 2.75) is 26.7 Å². The monoisotopic (exact) mass is 360 g/mol. The van der Waals surface area contributed by atoms with E-state index in [1.807, 2.05) is 42.5 Å². The normalized spacial score (nSPS) is 16.3. The molecular weight excluding hydrogens is 336 g/mol. The van der Waals surface area contributed by atoms with Crippen molar-refractivity contribution in [3.05, 3.63) is 66.6 Å². The van der Waals surface area contributed by atoms with Crippen LogP contribution in [-0.2, 0) is 0 Å². The smallest absolute Gasteiger partial charge is 0.151 e. The summed E-state index contributed by atoms with van der Waals surface area (Å²) in [7, 11) is 0. The number of nitrogens with zero attached hydrogens (tertiary/aromatic N) is 3. The zero-order chi connectivity index (χ0) is 19.0. The van der Waals surface area contributed by atoms with Crippen molar-refractivity contribution in [3.8, 4) is 11.5 Å². The molecule has 0 bridgehead atoms. The van der Waals surface area contributed by atoms with E-state index in [2.05, 4.69) is 47.8 Å². The van der Waals surface area contributed by atoms with Crippen molar-refractivity contribution < 1.29 is 4.74 Å². The highest BCUT2D eigenvalue weighted by molar-refractivity contribution is 5.78. The summed E-state index contributed by atoms with van der Waals surface area (Å²) in [6, 6.07) is 17.8. The average molecular weight is 360 g/mol. The van der Waals surface area contributed by atoms with E-state index < -0.39 is 0 Å². The Morgan fingerprint density at radius 1 is 0.963 bits per heavy atom. The SMILES string of the molecule is CC(C)(C)C1CN(c2ccc(Oc3ccccc3)cc2)c2c(N)ncnc21. The van der Waals surface area contributed by atoms with Crippen molar-refractivity contribution in [1.82, 2.24) is 9.97 Å². The van der Waals surface area contributed by atoms with Gasteiger partial charge in [0.25, 0.3) is 0 Å². The number of nitrogen functional groups attached to an aromatic ring is 1. The lowest BCUT2D eigenvalue weighted by atomic mass is 9.79. The Morgan fingerprint density at radius 3 is 2.30 bits per heavy atom. The quantitative estimate of drug-likeness (QED) is 0.701. The molecule has 1 atom stereocenters. The Balaban J connectivity index is 1.64. The summed E-state index contributed by atoms with van der Waals surface area (Å²) < 4.78 is 5.90. The van der Waals surface area contributed by atoms with Crippen LogP contribution in [0.25, 0.3) is 0 Å². The second kappa shape index (κ2) is 6.58. The minimum absolute atomic E-state index is 0.0840. The molecule has 0 radical (unpaired) electrons. The fraction of sp³-hybridized carbons (Fsp3) is 0.273. The molecule has 1 aliphatic heterocycles. The van der Waals surface area contributed by atoms with Crippen LogP contribution < -0.4 is 15.4 Å². The van der Waals surface area contributed by atoms with Gasteiger partial charge in [-0.05, 0) is 41.8 Å². The summed E-state index contributed by atoms with van der Waals surface area (Å²) >= 11 is 0. The fourth-order valence-corrected chi connectivity index (χ4v) is 3.54. The highest BCUT2D eigenvalue weighted by Crippen LogP contribution is 2.49. The fourth-order valence-electron chi connectivity index (χ4n) is 3.54. The standard InChI is InChI=1S/C22H24N4O/c1-22(2,3)18-13-26(20-19(18)24-14-25-21(20)23)15-9-11-17(12-10-15)27-16-7-5-4-6-8-16/h4-12,14,18H,13H2,1-3H3,(H2,23,24,25). The molecule has 4 rings (SSSR count). The molecule has 0 saturated heterocycles. The second-order valence-corrected chi connectivity index (χ2v) is 7.93. The molecule has 5 heteroatoms. The van der Waals surface area contributed by atoms with Gasteiger partial charge in [0.2, 0.25) is 0 Å². The summed E-state index contributed by atoms with van der Waals surface area (Å²) in [6.45, 7) is 7.54. The number of para-hydroxylation sites is 1. The molecule has 0 aliphatic carbocycles. The second-order valence-electron chi connectivity index (χ2n) is 7.93. The van der Waals surface area contributed by atoms with Gasteiger partial charge in [0.15, 0.2) is 5.82 Å². The molecule has 1 aromatic heterocycles. The van der Waals surface area contributed by atoms with Gasteiger partial charge >= 0.3 is 0 Å². The molecule has 0 saturated carbocycles. The number of fused-ring (bicyclic) bond motifs is 1. The first-order valence-corrected chi connectivity index (χ1v) is 9.14. The number of aromatic nitrogens is 2. The van der Waals surface area contributed by atoms with Crippen LogP contribution in [0, 0.1) is 5.41 Å². The lowest BCUT2D eigenvalue weighted by Crippen LogP contribution is -2.24. The average Bonchev–Trinajstić information content (AvgIpc) is 3.05. The lowest BCUT2D eigenvalue weighted by molar-refractivity contribution is 0.330. The van der Waals surface area contributed by atoms with Gasteiger partial charge in [-0.25, -0.2) is 9.97 Å². The molecule has 1 aliphatic rings. The number of rotatable bonds is 3. The summed E-state index contributed by atoms with van der Waals surface area (Å²) in [5, 5.41) is 0. The number of hydrogen-bond donors (Lipinski definition) is 1. The molecule has 0 spiro atoms. The number of hydrogen-bond acceptors (Lipinski definition) is 5. The van der Waals surface area contributed by atoms with Gasteiger partial charge in [-0.2, -0.15) is 0 Å². The Kier molecular flexibility index (Phi) is 4.22. The van der Waals surface area contributed by atoms with E-state index in [0.717, 1.165) is 35.1 Å². The molecule has 5 nitrogen and oxygen atoms in total. The van der Waals surface area contributed by atoms with E-state index in [1.54, 1.807) is 6.33 Å². The van der Waals surface area contributed by atoms with E-state index in [0.29, 0.717) is 5.82 Å². The van der Waals surface area contributed by atoms with Crippen LogP contribution in [-0.4, -0.2) is 16.5 Å². The highest BCUT2D eigenvalue weighted by Gasteiger charge is 2.39. The maximum atomic E-state index is 6.22. The minimum atomic E-state index is 0.0840. The van der Waals surface area contributed by atoms with Crippen LogP contribution in [0.2, 0.25) is 0 Å². The first-order valence-electron chi connectivity index (χ1n) is 9.14. The number of anilines is 3. The van der Waals surface area contributed by atoms with Crippen LogP contribution in [0.15, 0.2) is 60.9 Å². The third kappa shape index (κ3) is 3.33. The van der Waals surface area contributed by atoms with Crippen LogP contribution in [0.3, 0.4) is 0 Å². The molecular formula is C22H24N4O. The van der Waals surface area contributed by atoms with Crippen molar-refractivity contribution in [2.24, 2.45) is 5.41 Å². The van der Waals surface area contributed by atoms with Crippen molar-refractivity contribution in [2.75, 3.05) is 17.2 Å². The zero-order valence-electron chi connectivity index (χ0n) is 15.9. The van der Waals surface area contributed by atoms with E-state index >= 15 is 0 Å². The van der Waals surface area contributed by atoms with E-state index in [4.69, 9.17) is 10.5 Å². The van der Waals surface area contributed by atoms with Gasteiger partial charge in [-0.3, -0.25) is 0 Å². The summed E-state index contributed by atoms with van der Waals surface area (Å²) in [4.78, 5) is 11.0. The lowest BCUT2D eigenvalue weighted by Gasteiger charge is -2.27. The largest absolute Gasteiger partial charge is 0.457 e. The van der Waals surface area contributed by atoms with Gasteiger partial charge < -0.3 is 15.4 Å². The molecule has 3 aromatic rings. The van der Waals surface area contributed by atoms with Gasteiger partial charge in [0.1, 0.15) is 23.5 Å². The third-order valence-electron chi connectivity index (χ3n) is 5.02. The van der Waals surface area contributed by atoms with Gasteiger partial charge in [0, 0.05) is 18.2 Å². The maximum absolute atomic E-state index is 6.22. The number of ether oxygens (including phenoxy) is 1. The summed E-state index contributed by atoms with van der Waals surface area (Å²) in [6.07, 6.45) is 1.56. The van der Waals surface area contributed by atoms with Crippen molar-refractivity contribution >= 4 is 17.2 Å². The van der Waals surface area contributed by atoms with Gasteiger partial charge in [-0.1, -0.05) is 39.0 Å². The molecule has 1 unspecified atom stereocenters. The Labute approximate surface area is 159 Å². The van der Waals surface area contributed by atoms with Crippen LogP contribution in [0.4, 0.5) is 17.2 Å². The molecule has 2 aromatic carbocycles. The van der Waals surface area contributed by atoms with E-state index in [1.165, 1.54) is 0 Å². The van der Waals surface area contributed by atoms with E-state index in [9.17, 15) is 0 Å². The van der Waals surface area contributed by atoms with Crippen LogP contribution in [0.5, 0.6) is 11.5 Å². The predicted molar refractivity (Wildman–Crippen MR) is 109 cm³/mol. The first-order chi connectivity index (χ1) is 12.9. The number of nitrogens with two attached hydrogens (primary N) is 1. The molecule has 138 valence electrons. The Bertz CT molecular complexity index is 933. The molecule has 0 amide bonds. The van der Waals surface area contributed by atoms with E-state index in [-0.39, 0.29) is 11.3 Å². The van der Waals surface area contributed by atoms with Gasteiger partial charge in [-0.15, -0.1) is 0 Å². The predicted octanol–water partition coefficient (Wildman–Crippen LogP) is 5.13. The molecule has 2 N–H and O–H groups in total. The number of benzene rings is 2. The summed E-state index contributed by atoms with van der Waals surface area (Å²) in [5.74, 6) is 2.44. The van der Waals surface area contributed by atoms with Crippen LogP contribution >= 0.6 is 0 Å². The molecule has 0 fully saturated rings. The zero-order valence-corrected chi connectivity index (χ0v) is 15.9. The molecule has 27 heavy (non-hydrogen) atoms. The summed E-state index contributed by atoms with van der Waals surface area (Å²) in [5.41, 5.74) is 9.32. The molecule has 2 heterocycles.